The van der Waals surface area contributed by atoms with Gasteiger partial charge in [0.2, 0.25) is 11.8 Å². The van der Waals surface area contributed by atoms with Crippen LogP contribution in [0.2, 0.25) is 5.02 Å². The number of benzene rings is 1. The van der Waals surface area contributed by atoms with Crippen molar-refractivity contribution in [3.8, 4) is 11.5 Å². The van der Waals surface area contributed by atoms with Crippen molar-refractivity contribution in [1.82, 2.24) is 10.2 Å². The first-order valence-corrected chi connectivity index (χ1v) is 21.6. The third kappa shape index (κ3) is 10.7. The van der Waals surface area contributed by atoms with Gasteiger partial charge in [-0.2, -0.15) is 0 Å². The van der Waals surface area contributed by atoms with E-state index in [1.165, 1.54) is 38.5 Å². The molecule has 1 aromatic carbocycles. The molecule has 8 heteroatoms. The molecule has 55 heavy (non-hydrogen) atoms. The van der Waals surface area contributed by atoms with E-state index >= 15 is 0 Å². The molecular formula is C47H75ClN2O5. The third-order valence-corrected chi connectivity index (χ3v) is 13.6. The van der Waals surface area contributed by atoms with Gasteiger partial charge < -0.3 is 19.1 Å². The van der Waals surface area contributed by atoms with Crippen LogP contribution in [0.1, 0.15) is 172 Å². The molecule has 3 aliphatic rings. The number of allylic oxidation sites excluding steroid dienone is 2. The highest BCUT2D eigenvalue weighted by molar-refractivity contribution is 6.30. The fraction of sp³-hybridized carbons (Fsp3) is 0.745. The van der Waals surface area contributed by atoms with Crippen LogP contribution in [0.5, 0.6) is 0 Å². The van der Waals surface area contributed by atoms with Crippen LogP contribution in [0, 0.1) is 39.4 Å². The Kier molecular flexibility index (Phi) is 16.4. The molecular weight excluding hydrogens is 708 g/mol. The molecule has 1 heterocycles. The quantitative estimate of drug-likeness (QED) is 0.123. The highest BCUT2D eigenvalue weighted by Crippen LogP contribution is 2.65. The Morgan fingerprint density at radius 1 is 1.00 bits per heavy atom. The summed E-state index contributed by atoms with van der Waals surface area (Å²) in [6.07, 6.45) is 14.9. The minimum Gasteiger partial charge on any atom is -0.462 e. The van der Waals surface area contributed by atoms with Crippen molar-refractivity contribution >= 4 is 23.9 Å². The first-order chi connectivity index (χ1) is 25.8. The van der Waals surface area contributed by atoms with Crippen molar-refractivity contribution in [2.75, 3.05) is 7.11 Å². The van der Waals surface area contributed by atoms with E-state index < -0.39 is 5.41 Å². The standard InChI is InChI=1S/C30H43ClN2O.C16H28O3.CH4O/c1-7-10-21(6)29(9-3)18-19-30(17-16-24(20(4)5)26(30)25(29)11-8-2)28-33-32-27(34-28)22-12-14-23(31)15-13-22;1-14(2)8-7-12(16(5,6)10-14)19-13(18)9-15(3,4)11-17;1-2/h12-15,20-21,25H,7-11,16-19H2,1-6H3;11-12H,7-10H2,1-6H3;2H,1H3. The van der Waals surface area contributed by atoms with Gasteiger partial charge >= 0.3 is 5.97 Å². The van der Waals surface area contributed by atoms with Crippen LogP contribution >= 0.6 is 11.6 Å². The van der Waals surface area contributed by atoms with E-state index in [1.54, 1.807) is 25.0 Å². The molecule has 1 N–H and O–H groups in total. The number of hydrogen-bond donors (Lipinski definition) is 1. The number of aliphatic hydroxyl groups is 1. The van der Waals surface area contributed by atoms with E-state index in [0.717, 1.165) is 74.3 Å². The van der Waals surface area contributed by atoms with Gasteiger partial charge in [-0.05, 0) is 111 Å². The van der Waals surface area contributed by atoms with Gasteiger partial charge in [0.05, 0.1) is 11.8 Å². The van der Waals surface area contributed by atoms with E-state index in [4.69, 9.17) is 31.0 Å². The van der Waals surface area contributed by atoms with Gasteiger partial charge in [0.15, 0.2) is 0 Å². The summed E-state index contributed by atoms with van der Waals surface area (Å²) in [5.74, 6) is 3.09. The predicted octanol–water partition coefficient (Wildman–Crippen LogP) is 12.8. The summed E-state index contributed by atoms with van der Waals surface area (Å²) in [4.78, 5) is 22.8. The van der Waals surface area contributed by atoms with E-state index in [-0.39, 0.29) is 29.3 Å². The summed E-state index contributed by atoms with van der Waals surface area (Å²) in [6, 6.07) is 7.72. The fourth-order valence-electron chi connectivity index (χ4n) is 10.7. The van der Waals surface area contributed by atoms with Crippen molar-refractivity contribution < 1.29 is 23.8 Å². The summed E-state index contributed by atoms with van der Waals surface area (Å²) in [6.45, 7) is 26.8. The minimum absolute atomic E-state index is 0.00271. The molecule has 2 aromatic rings. The van der Waals surface area contributed by atoms with Crippen molar-refractivity contribution in [3.05, 3.63) is 46.3 Å². The summed E-state index contributed by atoms with van der Waals surface area (Å²) in [5.41, 5.74) is 4.26. The van der Waals surface area contributed by atoms with Crippen LogP contribution < -0.4 is 0 Å². The zero-order chi connectivity index (χ0) is 41.4. The van der Waals surface area contributed by atoms with E-state index in [0.29, 0.717) is 28.6 Å². The van der Waals surface area contributed by atoms with Gasteiger partial charge in [-0.15, -0.1) is 10.2 Å². The Hall–Kier alpha value is -2.51. The summed E-state index contributed by atoms with van der Waals surface area (Å²) in [7, 11) is 1.00. The number of ether oxygens (including phenoxy) is 1. The van der Waals surface area contributed by atoms with Crippen LogP contribution in [-0.2, 0) is 19.7 Å². The number of rotatable bonds is 13. The second kappa shape index (κ2) is 19.3. The molecule has 0 radical (unpaired) electrons. The molecule has 0 bridgehead atoms. The normalized spacial score (nSPS) is 26.3. The number of aliphatic hydroxyl groups excluding tert-OH is 1. The molecule has 7 nitrogen and oxygen atoms in total. The lowest BCUT2D eigenvalue weighted by molar-refractivity contribution is -0.164. The van der Waals surface area contributed by atoms with Crippen LogP contribution in [0.3, 0.4) is 0 Å². The Morgan fingerprint density at radius 2 is 1.65 bits per heavy atom. The smallest absolute Gasteiger partial charge is 0.307 e. The maximum Gasteiger partial charge on any atom is 0.307 e. The van der Waals surface area contributed by atoms with Crippen molar-refractivity contribution in [1.29, 1.82) is 0 Å². The Morgan fingerprint density at radius 3 is 2.20 bits per heavy atom. The maximum atomic E-state index is 12.0. The van der Waals surface area contributed by atoms with Gasteiger partial charge in [0.1, 0.15) is 12.4 Å². The highest BCUT2D eigenvalue weighted by atomic mass is 35.5. The number of aldehydes is 1. The lowest BCUT2D eigenvalue weighted by Crippen LogP contribution is -2.48. The second-order valence-corrected chi connectivity index (χ2v) is 19.8. The lowest BCUT2D eigenvalue weighted by Gasteiger charge is -2.54. The van der Waals surface area contributed by atoms with Crippen molar-refractivity contribution in [3.63, 3.8) is 0 Å². The summed E-state index contributed by atoms with van der Waals surface area (Å²) >= 11 is 6.11. The number of nitrogens with zero attached hydrogens (tertiary/aromatic N) is 2. The molecule has 3 aliphatic carbocycles. The van der Waals surface area contributed by atoms with Gasteiger partial charge in [0, 0.05) is 28.5 Å². The number of carbonyl (C=O) groups excluding carboxylic acids is 2. The molecule has 0 amide bonds. The first-order valence-electron chi connectivity index (χ1n) is 21.2. The minimum atomic E-state index is -0.630. The Balaban J connectivity index is 0.000000329. The molecule has 5 unspecified atom stereocenters. The van der Waals surface area contributed by atoms with Crippen LogP contribution in [0.4, 0.5) is 0 Å². The van der Waals surface area contributed by atoms with Gasteiger partial charge in [-0.1, -0.05) is 125 Å². The summed E-state index contributed by atoms with van der Waals surface area (Å²) < 4.78 is 12.2. The van der Waals surface area contributed by atoms with Crippen LogP contribution in [-0.4, -0.2) is 40.8 Å². The van der Waals surface area contributed by atoms with E-state index in [2.05, 4.69) is 74.3 Å². The average Bonchev–Trinajstić information content (AvgIpc) is 3.78. The molecule has 0 saturated heterocycles. The first kappa shape index (κ1) is 46.9. The van der Waals surface area contributed by atoms with Crippen LogP contribution in [0.15, 0.2) is 39.8 Å². The second-order valence-electron chi connectivity index (χ2n) is 19.3. The van der Waals surface area contributed by atoms with Gasteiger partial charge in [-0.25, -0.2) is 0 Å². The zero-order valence-electron chi connectivity index (χ0n) is 36.7. The average molecular weight is 784 g/mol. The van der Waals surface area contributed by atoms with Gasteiger partial charge in [-0.3, -0.25) is 4.79 Å². The number of hydrogen-bond acceptors (Lipinski definition) is 7. The van der Waals surface area contributed by atoms with Crippen molar-refractivity contribution in [2.24, 2.45) is 39.4 Å². The summed E-state index contributed by atoms with van der Waals surface area (Å²) in [5, 5.41) is 17.0. The maximum absolute atomic E-state index is 12.0. The SMILES string of the molecule is CC(C)(C=O)CC(=O)OC1CCC(C)(C)CC1(C)C.CCCC(C)C1(CC)CCC2(c3nnc(-c4ccc(Cl)cc4)o3)CCC(C(C)C)=C2C1CCC.CO. The monoisotopic (exact) mass is 783 g/mol. The van der Waals surface area contributed by atoms with E-state index in [1.807, 2.05) is 24.3 Å². The number of esters is 1. The third-order valence-electron chi connectivity index (χ3n) is 13.4. The highest BCUT2D eigenvalue weighted by Gasteiger charge is 2.58. The van der Waals surface area contributed by atoms with Gasteiger partial charge in [0.25, 0.3) is 0 Å². The fourth-order valence-corrected chi connectivity index (χ4v) is 10.8. The molecule has 0 spiro atoms. The predicted molar refractivity (Wildman–Crippen MR) is 226 cm³/mol. The van der Waals surface area contributed by atoms with E-state index in [9.17, 15) is 9.59 Å². The Labute approximate surface area is 339 Å². The Bertz CT molecular complexity index is 1570. The molecule has 310 valence electrons. The number of carbonyl (C=O) groups is 2. The number of aromatic nitrogens is 2. The molecule has 5 rings (SSSR count). The molecule has 2 saturated carbocycles. The molecule has 0 aliphatic heterocycles. The number of halogens is 1. The topological polar surface area (TPSA) is 103 Å². The molecule has 2 fully saturated rings. The lowest BCUT2D eigenvalue weighted by atomic mass is 9.49. The molecule has 1 aromatic heterocycles. The zero-order valence-corrected chi connectivity index (χ0v) is 37.5. The molecule has 5 atom stereocenters. The number of fused-ring (bicyclic) bond motifs is 1. The van der Waals surface area contributed by atoms with Crippen LogP contribution in [0.25, 0.3) is 11.5 Å². The largest absolute Gasteiger partial charge is 0.462 e. The van der Waals surface area contributed by atoms with Crippen molar-refractivity contribution in [2.45, 2.75) is 178 Å².